The maximum Gasteiger partial charge on any atom is 0.124 e. The quantitative estimate of drug-likeness (QED) is 0.502. The van der Waals surface area contributed by atoms with Gasteiger partial charge in [0.2, 0.25) is 0 Å². The molecule has 0 aromatic heterocycles. The standard InChI is InChI=1S/C16H27NOS/c1-3-5-6-7-8-12-18-15-10-9-11-16(19-4-2)14(15)13-17/h9-11H,3-8,12-13,17H2,1-2H3. The average Bonchev–Trinajstić information content (AvgIpc) is 2.43. The van der Waals surface area contributed by atoms with Gasteiger partial charge in [0, 0.05) is 17.0 Å². The molecule has 0 aliphatic heterocycles. The summed E-state index contributed by atoms with van der Waals surface area (Å²) >= 11 is 1.83. The highest BCUT2D eigenvalue weighted by molar-refractivity contribution is 7.99. The van der Waals surface area contributed by atoms with Crippen molar-refractivity contribution < 1.29 is 4.74 Å². The highest BCUT2D eigenvalue weighted by Crippen LogP contribution is 2.29. The van der Waals surface area contributed by atoms with Crippen molar-refractivity contribution >= 4 is 11.8 Å². The fraction of sp³-hybridized carbons (Fsp3) is 0.625. The first-order valence-corrected chi connectivity index (χ1v) is 8.39. The van der Waals surface area contributed by atoms with Gasteiger partial charge in [-0.25, -0.2) is 0 Å². The molecule has 2 nitrogen and oxygen atoms in total. The lowest BCUT2D eigenvalue weighted by atomic mass is 10.1. The van der Waals surface area contributed by atoms with Crippen molar-refractivity contribution in [2.24, 2.45) is 5.73 Å². The Morgan fingerprint density at radius 1 is 1.11 bits per heavy atom. The van der Waals surface area contributed by atoms with Gasteiger partial charge in [0.25, 0.3) is 0 Å². The van der Waals surface area contributed by atoms with Gasteiger partial charge >= 0.3 is 0 Å². The van der Waals surface area contributed by atoms with Gasteiger partial charge in [-0.15, -0.1) is 11.8 Å². The molecule has 1 rings (SSSR count). The number of rotatable bonds is 10. The van der Waals surface area contributed by atoms with Crippen LogP contribution in [0.4, 0.5) is 0 Å². The lowest BCUT2D eigenvalue weighted by Gasteiger charge is -2.13. The molecule has 0 bridgehead atoms. The van der Waals surface area contributed by atoms with Crippen molar-refractivity contribution in [2.75, 3.05) is 12.4 Å². The zero-order chi connectivity index (χ0) is 13.9. The number of hydrogen-bond donors (Lipinski definition) is 1. The lowest BCUT2D eigenvalue weighted by molar-refractivity contribution is 0.301. The SMILES string of the molecule is CCCCCCCOc1cccc(SCC)c1CN. The van der Waals surface area contributed by atoms with Crippen LogP contribution in [0.1, 0.15) is 51.5 Å². The van der Waals surface area contributed by atoms with E-state index >= 15 is 0 Å². The number of benzene rings is 1. The predicted molar refractivity (Wildman–Crippen MR) is 85.0 cm³/mol. The Kier molecular flexibility index (Phi) is 8.76. The van der Waals surface area contributed by atoms with Crippen molar-refractivity contribution in [1.82, 2.24) is 0 Å². The smallest absolute Gasteiger partial charge is 0.124 e. The van der Waals surface area contributed by atoms with Gasteiger partial charge in [-0.2, -0.15) is 0 Å². The van der Waals surface area contributed by atoms with Crippen molar-refractivity contribution in [3.63, 3.8) is 0 Å². The summed E-state index contributed by atoms with van der Waals surface area (Å²) in [7, 11) is 0. The van der Waals surface area contributed by atoms with Crippen LogP contribution in [0.25, 0.3) is 0 Å². The van der Waals surface area contributed by atoms with Crippen LogP contribution in [-0.4, -0.2) is 12.4 Å². The minimum Gasteiger partial charge on any atom is -0.493 e. The molecule has 0 unspecified atom stereocenters. The molecule has 1 aromatic rings. The summed E-state index contributed by atoms with van der Waals surface area (Å²) in [6, 6.07) is 6.22. The highest BCUT2D eigenvalue weighted by Gasteiger charge is 2.07. The van der Waals surface area contributed by atoms with E-state index in [-0.39, 0.29) is 0 Å². The number of hydrogen-bond acceptors (Lipinski definition) is 3. The Bertz CT molecular complexity index is 355. The van der Waals surface area contributed by atoms with E-state index in [9.17, 15) is 0 Å². The summed E-state index contributed by atoms with van der Waals surface area (Å²) in [5, 5.41) is 0. The van der Waals surface area contributed by atoms with Gasteiger partial charge in [0.15, 0.2) is 0 Å². The molecule has 0 heterocycles. The summed E-state index contributed by atoms with van der Waals surface area (Å²) in [4.78, 5) is 1.26. The molecule has 3 heteroatoms. The molecule has 0 saturated heterocycles. The van der Waals surface area contributed by atoms with Crippen LogP contribution in [0.3, 0.4) is 0 Å². The Hall–Kier alpha value is -0.670. The number of ether oxygens (including phenoxy) is 1. The molecule has 0 spiro atoms. The Morgan fingerprint density at radius 3 is 2.58 bits per heavy atom. The topological polar surface area (TPSA) is 35.2 Å². The monoisotopic (exact) mass is 281 g/mol. The summed E-state index contributed by atoms with van der Waals surface area (Å²) < 4.78 is 5.90. The van der Waals surface area contributed by atoms with E-state index in [0.29, 0.717) is 6.54 Å². The van der Waals surface area contributed by atoms with E-state index in [4.69, 9.17) is 10.5 Å². The van der Waals surface area contributed by atoms with E-state index in [1.807, 2.05) is 17.8 Å². The second-order valence-corrected chi connectivity index (χ2v) is 5.94. The summed E-state index contributed by atoms with van der Waals surface area (Å²) in [5.74, 6) is 2.03. The number of unbranched alkanes of at least 4 members (excludes halogenated alkanes) is 4. The second kappa shape index (κ2) is 10.2. The van der Waals surface area contributed by atoms with E-state index in [1.165, 1.54) is 30.6 Å². The van der Waals surface area contributed by atoms with Crippen LogP contribution < -0.4 is 10.5 Å². The molecular formula is C16H27NOS. The van der Waals surface area contributed by atoms with Crippen LogP contribution in [0.2, 0.25) is 0 Å². The second-order valence-electron chi connectivity index (χ2n) is 4.63. The summed E-state index contributed by atoms with van der Waals surface area (Å²) in [6.07, 6.45) is 6.32. The van der Waals surface area contributed by atoms with E-state index < -0.39 is 0 Å². The minimum absolute atomic E-state index is 0.550. The van der Waals surface area contributed by atoms with E-state index in [1.54, 1.807) is 0 Å². The number of thioether (sulfide) groups is 1. The molecule has 2 N–H and O–H groups in total. The van der Waals surface area contributed by atoms with Gasteiger partial charge in [0.1, 0.15) is 5.75 Å². The zero-order valence-electron chi connectivity index (χ0n) is 12.3. The van der Waals surface area contributed by atoms with Crippen LogP contribution >= 0.6 is 11.8 Å². The largest absolute Gasteiger partial charge is 0.493 e. The van der Waals surface area contributed by atoms with Crippen LogP contribution in [0, 0.1) is 0 Å². The lowest BCUT2D eigenvalue weighted by Crippen LogP contribution is -2.05. The maximum atomic E-state index is 5.90. The zero-order valence-corrected chi connectivity index (χ0v) is 13.1. The third kappa shape index (κ3) is 5.87. The van der Waals surface area contributed by atoms with Gasteiger partial charge in [-0.05, 0) is 24.3 Å². The summed E-state index contributed by atoms with van der Waals surface area (Å²) in [6.45, 7) is 5.75. The van der Waals surface area contributed by atoms with Crippen molar-refractivity contribution in [3.05, 3.63) is 23.8 Å². The fourth-order valence-corrected chi connectivity index (χ4v) is 2.90. The highest BCUT2D eigenvalue weighted by atomic mass is 32.2. The Morgan fingerprint density at radius 2 is 1.89 bits per heavy atom. The minimum atomic E-state index is 0.550. The fourth-order valence-electron chi connectivity index (χ4n) is 2.06. The van der Waals surface area contributed by atoms with Crippen molar-refractivity contribution in [1.29, 1.82) is 0 Å². The normalized spacial score (nSPS) is 10.7. The maximum absolute atomic E-state index is 5.90. The molecule has 19 heavy (non-hydrogen) atoms. The molecule has 0 atom stereocenters. The molecule has 0 fully saturated rings. The van der Waals surface area contributed by atoms with Gasteiger partial charge in [-0.3, -0.25) is 0 Å². The molecule has 0 saturated carbocycles. The average molecular weight is 281 g/mol. The Balaban J connectivity index is 2.46. The molecule has 108 valence electrons. The third-order valence-corrected chi connectivity index (χ3v) is 4.08. The molecular weight excluding hydrogens is 254 g/mol. The molecule has 1 aromatic carbocycles. The van der Waals surface area contributed by atoms with Crippen molar-refractivity contribution in [2.45, 2.75) is 57.4 Å². The number of nitrogens with two attached hydrogens (primary N) is 1. The van der Waals surface area contributed by atoms with Gasteiger partial charge in [-0.1, -0.05) is 45.6 Å². The van der Waals surface area contributed by atoms with Crippen LogP contribution in [0.15, 0.2) is 23.1 Å². The van der Waals surface area contributed by atoms with Crippen LogP contribution in [-0.2, 0) is 6.54 Å². The Labute approximate surface area is 122 Å². The van der Waals surface area contributed by atoms with E-state index in [2.05, 4.69) is 26.0 Å². The van der Waals surface area contributed by atoms with Gasteiger partial charge < -0.3 is 10.5 Å². The molecule has 0 radical (unpaired) electrons. The molecule has 0 aliphatic rings. The predicted octanol–water partition coefficient (Wildman–Crippen LogP) is 4.61. The first kappa shape index (κ1) is 16.4. The first-order chi connectivity index (χ1) is 9.33. The summed E-state index contributed by atoms with van der Waals surface area (Å²) in [5.41, 5.74) is 7.01. The molecule has 0 amide bonds. The third-order valence-electron chi connectivity index (χ3n) is 3.10. The van der Waals surface area contributed by atoms with Crippen molar-refractivity contribution in [3.8, 4) is 5.75 Å². The van der Waals surface area contributed by atoms with Gasteiger partial charge in [0.05, 0.1) is 6.61 Å². The molecule has 0 aliphatic carbocycles. The van der Waals surface area contributed by atoms with Crippen LogP contribution in [0.5, 0.6) is 5.75 Å². The first-order valence-electron chi connectivity index (χ1n) is 7.41. The van der Waals surface area contributed by atoms with E-state index in [0.717, 1.165) is 30.1 Å².